The molecule has 0 spiro atoms. The number of benzene rings is 1. The molecule has 1 unspecified atom stereocenters. The Kier molecular flexibility index (Phi) is 9.89. The Morgan fingerprint density at radius 3 is 2.50 bits per heavy atom. The summed E-state index contributed by atoms with van der Waals surface area (Å²) in [5.41, 5.74) is 0.541. The highest BCUT2D eigenvalue weighted by atomic mass is 79.9. The molecule has 0 heterocycles. The van der Waals surface area contributed by atoms with E-state index < -0.39 is 0 Å². The van der Waals surface area contributed by atoms with Crippen molar-refractivity contribution in [3.8, 4) is 0 Å². The van der Waals surface area contributed by atoms with Gasteiger partial charge in [-0.05, 0) is 55.1 Å². The van der Waals surface area contributed by atoms with Crippen LogP contribution in [0.15, 0.2) is 34.8 Å². The fourth-order valence-electron chi connectivity index (χ4n) is 1.62. The Hall–Kier alpha value is -1.24. The molecule has 1 aromatic carbocycles. The molecule has 6 heteroatoms. The van der Waals surface area contributed by atoms with Crippen molar-refractivity contribution in [3.63, 3.8) is 0 Å². The van der Waals surface area contributed by atoms with Crippen LogP contribution < -0.4 is 4.90 Å². The molecular formula is C16H24BrFN2O2. The summed E-state index contributed by atoms with van der Waals surface area (Å²) in [5, 5.41) is 7.00. The van der Waals surface area contributed by atoms with E-state index in [4.69, 9.17) is 5.11 Å². The van der Waals surface area contributed by atoms with Crippen LogP contribution in [0.2, 0.25) is 0 Å². The average molecular weight is 375 g/mol. The largest absolute Gasteiger partial charge is 0.400 e. The Balaban J connectivity index is 0.00000211. The number of likely N-dealkylation sites (N-methyl/N-ethyl adjacent to an activating group) is 1. The molecule has 0 aliphatic carbocycles. The van der Waals surface area contributed by atoms with E-state index in [2.05, 4.69) is 27.8 Å². The number of carbonyl (C=O) groups excluding carboxylic acids is 1. The zero-order valence-electron chi connectivity index (χ0n) is 13.7. The lowest BCUT2D eigenvalue weighted by atomic mass is 10.2. The second kappa shape index (κ2) is 10.5. The number of anilines is 1. The minimum absolute atomic E-state index is 0.126. The predicted molar refractivity (Wildman–Crippen MR) is 92.6 cm³/mol. The number of hydrogen-bond donors (Lipinski definition) is 1. The summed E-state index contributed by atoms with van der Waals surface area (Å²) in [7, 11) is 4.97. The third kappa shape index (κ3) is 6.68. The Bertz CT molecular complexity index is 507. The maximum atomic E-state index is 13.3. The van der Waals surface area contributed by atoms with Crippen molar-refractivity contribution >= 4 is 27.5 Å². The van der Waals surface area contributed by atoms with Crippen molar-refractivity contribution in [2.75, 3.05) is 32.6 Å². The number of hydrogen-bond acceptors (Lipinski definition) is 3. The minimum atomic E-state index is -0.361. The molecule has 0 bridgehead atoms. The van der Waals surface area contributed by atoms with Crippen molar-refractivity contribution in [3.05, 3.63) is 40.6 Å². The van der Waals surface area contributed by atoms with Crippen molar-refractivity contribution in [2.45, 2.75) is 19.9 Å². The van der Waals surface area contributed by atoms with E-state index in [1.807, 2.05) is 26.2 Å². The number of carbonyl (C=O) groups is 1. The van der Waals surface area contributed by atoms with E-state index in [0.29, 0.717) is 16.7 Å². The zero-order chi connectivity index (χ0) is 17.3. The molecule has 1 aromatic rings. The first-order valence-corrected chi connectivity index (χ1v) is 7.63. The summed E-state index contributed by atoms with van der Waals surface area (Å²) in [6.45, 7) is 3.95. The third-order valence-corrected chi connectivity index (χ3v) is 3.77. The van der Waals surface area contributed by atoms with E-state index in [9.17, 15) is 9.18 Å². The Morgan fingerprint density at radius 2 is 2.00 bits per heavy atom. The molecule has 124 valence electrons. The number of rotatable bonds is 5. The standard InChI is InChI=1S/C15H20BrFN2O.CH4O/c1-11(18(3)4)6-5-9-19(12(2)20)15-10-13(17)7-8-14(15)16;1-2/h5-8,10-11H,9H2,1-4H3;2H,1H3/b6-5+;. The summed E-state index contributed by atoms with van der Waals surface area (Å²) in [5.74, 6) is -0.487. The molecule has 1 rings (SSSR count). The van der Waals surface area contributed by atoms with Gasteiger partial charge in [0.2, 0.25) is 5.91 Å². The van der Waals surface area contributed by atoms with Crippen LogP contribution in [0.5, 0.6) is 0 Å². The molecular weight excluding hydrogens is 351 g/mol. The summed E-state index contributed by atoms with van der Waals surface area (Å²) < 4.78 is 14.0. The number of aliphatic hydroxyl groups is 1. The first-order chi connectivity index (χ1) is 10.3. The molecule has 0 radical (unpaired) electrons. The van der Waals surface area contributed by atoms with Gasteiger partial charge in [0.15, 0.2) is 0 Å². The second-order valence-corrected chi connectivity index (χ2v) is 5.71. The van der Waals surface area contributed by atoms with Gasteiger partial charge in [0.1, 0.15) is 5.82 Å². The minimum Gasteiger partial charge on any atom is -0.400 e. The molecule has 1 N–H and O–H groups in total. The monoisotopic (exact) mass is 374 g/mol. The van der Waals surface area contributed by atoms with Gasteiger partial charge in [-0.15, -0.1) is 0 Å². The van der Waals surface area contributed by atoms with E-state index in [0.717, 1.165) is 7.11 Å². The van der Waals surface area contributed by atoms with Crippen LogP contribution in [0.1, 0.15) is 13.8 Å². The summed E-state index contributed by atoms with van der Waals surface area (Å²) in [6, 6.07) is 4.59. The fraction of sp³-hybridized carbons (Fsp3) is 0.438. The van der Waals surface area contributed by atoms with Crippen molar-refractivity contribution < 1.29 is 14.3 Å². The average Bonchev–Trinajstić information content (AvgIpc) is 2.48. The van der Waals surface area contributed by atoms with Crippen LogP contribution >= 0.6 is 15.9 Å². The Labute approximate surface area is 140 Å². The molecule has 0 saturated heterocycles. The van der Waals surface area contributed by atoms with E-state index in [1.54, 1.807) is 6.07 Å². The van der Waals surface area contributed by atoms with Gasteiger partial charge in [0.05, 0.1) is 5.69 Å². The quantitative estimate of drug-likeness (QED) is 0.805. The summed E-state index contributed by atoms with van der Waals surface area (Å²) in [4.78, 5) is 15.4. The fourth-order valence-corrected chi connectivity index (χ4v) is 2.09. The van der Waals surface area contributed by atoms with Crippen LogP contribution in [0, 0.1) is 5.82 Å². The van der Waals surface area contributed by atoms with Gasteiger partial charge in [0, 0.05) is 31.1 Å². The van der Waals surface area contributed by atoms with Gasteiger partial charge in [-0.2, -0.15) is 0 Å². The topological polar surface area (TPSA) is 43.8 Å². The van der Waals surface area contributed by atoms with Gasteiger partial charge < -0.3 is 14.9 Å². The molecule has 22 heavy (non-hydrogen) atoms. The van der Waals surface area contributed by atoms with Crippen molar-refractivity contribution in [1.29, 1.82) is 0 Å². The first kappa shape index (κ1) is 20.8. The molecule has 1 atom stereocenters. The number of amides is 1. The van der Waals surface area contributed by atoms with Gasteiger partial charge >= 0.3 is 0 Å². The molecule has 0 fully saturated rings. The van der Waals surface area contributed by atoms with E-state index in [1.165, 1.54) is 24.0 Å². The molecule has 1 amide bonds. The lowest BCUT2D eigenvalue weighted by molar-refractivity contribution is -0.116. The summed E-state index contributed by atoms with van der Waals surface area (Å²) >= 11 is 3.35. The first-order valence-electron chi connectivity index (χ1n) is 6.84. The van der Waals surface area contributed by atoms with Crippen molar-refractivity contribution in [1.82, 2.24) is 4.90 Å². The zero-order valence-corrected chi connectivity index (χ0v) is 15.3. The number of aliphatic hydroxyl groups excluding tert-OH is 1. The Morgan fingerprint density at radius 1 is 1.41 bits per heavy atom. The lowest BCUT2D eigenvalue weighted by Gasteiger charge is -2.22. The molecule has 0 saturated carbocycles. The van der Waals surface area contributed by atoms with Gasteiger partial charge in [-0.3, -0.25) is 4.79 Å². The smallest absolute Gasteiger partial charge is 0.224 e. The van der Waals surface area contributed by atoms with Crippen LogP contribution in [0.25, 0.3) is 0 Å². The van der Waals surface area contributed by atoms with Crippen LogP contribution in [-0.4, -0.2) is 49.7 Å². The highest BCUT2D eigenvalue weighted by Crippen LogP contribution is 2.27. The highest BCUT2D eigenvalue weighted by molar-refractivity contribution is 9.10. The van der Waals surface area contributed by atoms with Gasteiger partial charge in [-0.25, -0.2) is 4.39 Å². The maximum Gasteiger partial charge on any atom is 0.224 e. The van der Waals surface area contributed by atoms with Crippen LogP contribution in [0.4, 0.5) is 10.1 Å². The van der Waals surface area contributed by atoms with Gasteiger partial charge in [-0.1, -0.05) is 12.2 Å². The lowest BCUT2D eigenvalue weighted by Crippen LogP contribution is -2.29. The normalized spacial score (nSPS) is 12.0. The molecule has 4 nitrogen and oxygen atoms in total. The van der Waals surface area contributed by atoms with Crippen molar-refractivity contribution in [2.24, 2.45) is 0 Å². The predicted octanol–water partition coefficient (Wildman–Crippen LogP) is 3.06. The van der Waals surface area contributed by atoms with Crippen LogP contribution in [0.3, 0.4) is 0 Å². The summed E-state index contributed by atoms with van der Waals surface area (Å²) in [6.07, 6.45) is 3.94. The number of halogens is 2. The van der Waals surface area contributed by atoms with E-state index >= 15 is 0 Å². The van der Waals surface area contributed by atoms with Crippen LogP contribution in [-0.2, 0) is 4.79 Å². The van der Waals surface area contributed by atoms with E-state index in [-0.39, 0.29) is 17.8 Å². The van der Waals surface area contributed by atoms with Gasteiger partial charge in [0.25, 0.3) is 0 Å². The molecule has 0 aromatic heterocycles. The highest BCUT2D eigenvalue weighted by Gasteiger charge is 2.14. The molecule has 0 aliphatic rings. The SMILES string of the molecule is CC(=O)N(C/C=C/C(C)N(C)C)c1cc(F)ccc1Br.CO. The number of nitrogens with zero attached hydrogens (tertiary/aromatic N) is 2. The third-order valence-electron chi connectivity index (χ3n) is 3.10. The maximum absolute atomic E-state index is 13.3. The molecule has 0 aliphatic heterocycles. The second-order valence-electron chi connectivity index (χ2n) is 4.86.